The van der Waals surface area contributed by atoms with Gasteiger partial charge in [-0.05, 0) is 68.9 Å². The maximum absolute atomic E-state index is 13.7. The lowest BCUT2D eigenvalue weighted by Crippen LogP contribution is -2.15. The molecule has 0 radical (unpaired) electrons. The number of esters is 1. The fourth-order valence-corrected chi connectivity index (χ4v) is 6.94. The maximum Gasteiger partial charge on any atom is 0.355 e. The second kappa shape index (κ2) is 12.3. The number of para-hydroxylation sites is 1. The highest BCUT2D eigenvalue weighted by Gasteiger charge is 2.29. The van der Waals surface area contributed by atoms with Crippen LogP contribution in [0.1, 0.15) is 66.5 Å². The summed E-state index contributed by atoms with van der Waals surface area (Å²) in [5.74, 6) is 0.640. The zero-order valence-corrected chi connectivity index (χ0v) is 24.9. The highest BCUT2D eigenvalue weighted by Crippen LogP contribution is 2.40. The normalized spacial score (nSPS) is 15.1. The van der Waals surface area contributed by atoms with E-state index in [0.29, 0.717) is 38.5 Å². The number of rotatable bonds is 7. The van der Waals surface area contributed by atoms with Crippen molar-refractivity contribution in [2.45, 2.75) is 71.6 Å². The van der Waals surface area contributed by atoms with Gasteiger partial charge >= 0.3 is 5.97 Å². The molecule has 2 aliphatic heterocycles. The fourth-order valence-electron chi connectivity index (χ4n) is 6.94. The molecule has 0 N–H and O–H groups in total. The molecule has 0 spiro atoms. The van der Waals surface area contributed by atoms with Crippen LogP contribution in [0.5, 0.6) is 5.75 Å². The van der Waals surface area contributed by atoms with E-state index in [1.54, 1.807) is 0 Å². The van der Waals surface area contributed by atoms with Crippen molar-refractivity contribution in [3.05, 3.63) is 83.3 Å². The molecule has 0 bridgehead atoms. The van der Waals surface area contributed by atoms with E-state index in [2.05, 4.69) is 45.6 Å². The molecule has 3 aromatic carbocycles. The van der Waals surface area contributed by atoms with Gasteiger partial charge in [-0.2, -0.15) is 5.10 Å². The van der Waals surface area contributed by atoms with Crippen molar-refractivity contribution >= 4 is 27.6 Å². The number of hydrogen-bond donors (Lipinski definition) is 0. The van der Waals surface area contributed by atoms with Crippen molar-refractivity contribution < 1.29 is 19.0 Å². The molecular formula is C36H39N3O4. The minimum absolute atomic E-state index is 0.252. The van der Waals surface area contributed by atoms with E-state index in [1.165, 1.54) is 16.6 Å². The molecule has 0 amide bonds. The van der Waals surface area contributed by atoms with E-state index in [1.807, 2.05) is 31.2 Å². The van der Waals surface area contributed by atoms with E-state index < -0.39 is 0 Å². The van der Waals surface area contributed by atoms with Gasteiger partial charge in [0, 0.05) is 47.3 Å². The molecule has 4 heterocycles. The van der Waals surface area contributed by atoms with Crippen LogP contribution in [0.15, 0.2) is 60.7 Å². The highest BCUT2D eigenvalue weighted by molar-refractivity contribution is 6.05. The number of aryl methyl sites for hydroxylation is 3. The first-order chi connectivity index (χ1) is 21.2. The van der Waals surface area contributed by atoms with Crippen molar-refractivity contribution in [1.29, 1.82) is 0 Å². The molecule has 222 valence electrons. The number of carbonyl (C=O) groups is 1. The standard InChI is InChI=1S/C36H39N3O4/c1-2-42-36(40)35-28(17-11-23-43-32-19-9-13-25-12-3-4-14-26(25)32)27-15-10-16-29-33-30(37-39-21-6-5-18-31(33)39)24-41-22-8-7-20-38(35)34(27)29/h3-4,9-10,12-16,19H,2,5-8,11,17-18,20-24H2,1H3. The van der Waals surface area contributed by atoms with Crippen molar-refractivity contribution in [3.8, 4) is 16.9 Å². The second-order valence-corrected chi connectivity index (χ2v) is 11.5. The Kier molecular flexibility index (Phi) is 7.90. The maximum atomic E-state index is 13.7. The molecule has 2 aromatic heterocycles. The molecule has 7 nitrogen and oxygen atoms in total. The van der Waals surface area contributed by atoms with Gasteiger partial charge < -0.3 is 18.8 Å². The first-order valence-corrected chi connectivity index (χ1v) is 15.8. The van der Waals surface area contributed by atoms with Crippen LogP contribution in [0.3, 0.4) is 0 Å². The van der Waals surface area contributed by atoms with Crippen molar-refractivity contribution in [3.63, 3.8) is 0 Å². The summed E-state index contributed by atoms with van der Waals surface area (Å²) < 4.78 is 22.5. The Hall–Kier alpha value is -4.10. The monoisotopic (exact) mass is 577 g/mol. The number of ether oxygens (including phenoxy) is 3. The van der Waals surface area contributed by atoms with E-state index in [9.17, 15) is 4.79 Å². The quantitative estimate of drug-likeness (QED) is 0.148. The van der Waals surface area contributed by atoms with Crippen LogP contribution in [0, 0.1) is 0 Å². The van der Waals surface area contributed by atoms with E-state index in [4.69, 9.17) is 19.3 Å². The van der Waals surface area contributed by atoms with Crippen LogP contribution in [-0.2, 0) is 42.0 Å². The Labute approximate surface area is 252 Å². The van der Waals surface area contributed by atoms with Crippen LogP contribution in [0.2, 0.25) is 0 Å². The number of fused-ring (bicyclic) bond motifs is 5. The summed E-state index contributed by atoms with van der Waals surface area (Å²) in [6.07, 6.45) is 6.64. The predicted molar refractivity (Wildman–Crippen MR) is 169 cm³/mol. The van der Waals surface area contributed by atoms with Crippen LogP contribution < -0.4 is 4.74 Å². The average Bonchev–Trinajstić information content (AvgIpc) is 3.55. The molecule has 7 rings (SSSR count). The smallest absolute Gasteiger partial charge is 0.355 e. The number of benzene rings is 3. The van der Waals surface area contributed by atoms with E-state index in [-0.39, 0.29) is 5.97 Å². The van der Waals surface area contributed by atoms with Crippen LogP contribution in [0.4, 0.5) is 0 Å². The van der Waals surface area contributed by atoms with Crippen LogP contribution >= 0.6 is 0 Å². The molecule has 7 heteroatoms. The molecule has 0 saturated carbocycles. The summed E-state index contributed by atoms with van der Waals surface area (Å²) in [5.41, 5.74) is 7.45. The molecule has 2 aliphatic rings. The lowest BCUT2D eigenvalue weighted by Gasteiger charge is -2.16. The minimum atomic E-state index is -0.252. The molecule has 5 aromatic rings. The summed E-state index contributed by atoms with van der Waals surface area (Å²) in [4.78, 5) is 13.7. The Bertz CT molecular complexity index is 1780. The van der Waals surface area contributed by atoms with Gasteiger partial charge in [0.25, 0.3) is 0 Å². The average molecular weight is 578 g/mol. The number of carbonyl (C=O) groups excluding carboxylic acids is 1. The van der Waals surface area contributed by atoms with Gasteiger partial charge in [0.1, 0.15) is 11.4 Å². The summed E-state index contributed by atoms with van der Waals surface area (Å²) in [6.45, 7) is 5.63. The number of hydrogen-bond acceptors (Lipinski definition) is 5. The van der Waals surface area contributed by atoms with Crippen LogP contribution in [-0.4, -0.2) is 40.1 Å². The zero-order chi connectivity index (χ0) is 29.2. The molecule has 0 unspecified atom stereocenters. The zero-order valence-electron chi connectivity index (χ0n) is 24.9. The van der Waals surface area contributed by atoms with Gasteiger partial charge in [-0.25, -0.2) is 4.79 Å². The first-order valence-electron chi connectivity index (χ1n) is 15.8. The molecule has 0 saturated heterocycles. The minimum Gasteiger partial charge on any atom is -0.493 e. The molecule has 0 atom stereocenters. The Morgan fingerprint density at radius 3 is 2.72 bits per heavy atom. The van der Waals surface area contributed by atoms with Crippen LogP contribution in [0.25, 0.3) is 32.8 Å². The molecule has 0 fully saturated rings. The van der Waals surface area contributed by atoms with Gasteiger partial charge in [-0.15, -0.1) is 0 Å². The molecule has 43 heavy (non-hydrogen) atoms. The summed E-state index contributed by atoms with van der Waals surface area (Å²) in [7, 11) is 0. The second-order valence-electron chi connectivity index (χ2n) is 11.5. The summed E-state index contributed by atoms with van der Waals surface area (Å²) in [5, 5.41) is 8.44. The van der Waals surface area contributed by atoms with Gasteiger partial charge in [0.05, 0.1) is 31.0 Å². The van der Waals surface area contributed by atoms with Crippen molar-refractivity contribution in [2.24, 2.45) is 0 Å². The Balaban J connectivity index is 1.31. The van der Waals surface area contributed by atoms with E-state index in [0.717, 1.165) is 90.5 Å². The lowest BCUT2D eigenvalue weighted by molar-refractivity contribution is 0.0512. The molecule has 0 aliphatic carbocycles. The van der Waals surface area contributed by atoms with Gasteiger partial charge in [0.15, 0.2) is 0 Å². The van der Waals surface area contributed by atoms with Crippen molar-refractivity contribution in [2.75, 3.05) is 19.8 Å². The summed E-state index contributed by atoms with van der Waals surface area (Å²) >= 11 is 0. The highest BCUT2D eigenvalue weighted by atomic mass is 16.5. The SMILES string of the molecule is CCOC(=O)c1c(CCCOc2cccc3ccccc23)c2cccc3c2n1CCCCOCc1nn2c(c1-3)CCCC2. The van der Waals surface area contributed by atoms with Crippen molar-refractivity contribution in [1.82, 2.24) is 14.3 Å². The number of aromatic nitrogens is 3. The Morgan fingerprint density at radius 1 is 0.953 bits per heavy atom. The lowest BCUT2D eigenvalue weighted by atomic mass is 9.95. The topological polar surface area (TPSA) is 67.5 Å². The van der Waals surface area contributed by atoms with Gasteiger partial charge in [-0.1, -0.05) is 54.6 Å². The fraction of sp³-hybridized carbons (Fsp3) is 0.389. The third-order valence-corrected chi connectivity index (χ3v) is 8.83. The molecular weight excluding hydrogens is 538 g/mol. The summed E-state index contributed by atoms with van der Waals surface area (Å²) in [6, 6.07) is 21.0. The first kappa shape index (κ1) is 27.7. The predicted octanol–water partition coefficient (Wildman–Crippen LogP) is 7.49. The Morgan fingerprint density at radius 2 is 1.79 bits per heavy atom. The van der Waals surface area contributed by atoms with Gasteiger partial charge in [-0.3, -0.25) is 4.68 Å². The largest absolute Gasteiger partial charge is 0.493 e. The third-order valence-electron chi connectivity index (χ3n) is 8.83. The van der Waals surface area contributed by atoms with E-state index >= 15 is 0 Å². The van der Waals surface area contributed by atoms with Gasteiger partial charge in [0.2, 0.25) is 0 Å². The number of nitrogens with zero attached hydrogens (tertiary/aromatic N) is 3. The third kappa shape index (κ3) is 5.20.